The molecule has 0 amide bonds. The summed E-state index contributed by atoms with van der Waals surface area (Å²) in [5, 5.41) is 13.5. The van der Waals surface area contributed by atoms with Gasteiger partial charge in [-0.15, -0.1) is 0 Å². The molecule has 0 aromatic carbocycles. The van der Waals surface area contributed by atoms with Crippen molar-refractivity contribution in [1.29, 1.82) is 0 Å². The summed E-state index contributed by atoms with van der Waals surface area (Å²) >= 11 is 0. The summed E-state index contributed by atoms with van der Waals surface area (Å²) in [4.78, 5) is 0.219. The van der Waals surface area contributed by atoms with Crippen LogP contribution in [0.2, 0.25) is 0 Å². The van der Waals surface area contributed by atoms with Gasteiger partial charge in [0.25, 0.3) is 0 Å². The Labute approximate surface area is 120 Å². The first-order valence-corrected chi connectivity index (χ1v) is 8.65. The third kappa shape index (κ3) is 3.21. The number of aryl methyl sites for hydroxylation is 1. The summed E-state index contributed by atoms with van der Waals surface area (Å²) in [7, 11) is -3.62. The first-order chi connectivity index (χ1) is 9.47. The summed E-state index contributed by atoms with van der Waals surface area (Å²) in [5.74, 6) is 0. The van der Waals surface area contributed by atoms with Gasteiger partial charge in [0.2, 0.25) is 10.0 Å². The van der Waals surface area contributed by atoms with Crippen LogP contribution in [0.1, 0.15) is 50.8 Å². The molecule has 1 unspecified atom stereocenters. The van der Waals surface area contributed by atoms with E-state index in [2.05, 4.69) is 9.82 Å². The lowest BCUT2D eigenvalue weighted by Gasteiger charge is -2.13. The molecule has 20 heavy (non-hydrogen) atoms. The molecule has 0 aliphatic heterocycles. The maximum Gasteiger partial charge on any atom is 0.244 e. The highest BCUT2D eigenvalue weighted by molar-refractivity contribution is 7.89. The van der Waals surface area contributed by atoms with Gasteiger partial charge in [0.15, 0.2) is 0 Å². The maximum absolute atomic E-state index is 12.3. The number of nitrogens with zero attached hydrogens (tertiary/aromatic N) is 2. The molecular formula is C13H23N3O3S. The van der Waals surface area contributed by atoms with Crippen molar-refractivity contribution in [2.24, 2.45) is 0 Å². The van der Waals surface area contributed by atoms with Crippen LogP contribution in [0.25, 0.3) is 0 Å². The molecule has 0 saturated heterocycles. The minimum Gasteiger partial charge on any atom is -0.395 e. The Bertz CT molecular complexity index is 543. The molecule has 1 fully saturated rings. The van der Waals surface area contributed by atoms with Crippen LogP contribution in [0.3, 0.4) is 0 Å². The number of hydrogen-bond acceptors (Lipinski definition) is 4. The van der Waals surface area contributed by atoms with Gasteiger partial charge in [-0.2, -0.15) is 5.10 Å². The predicted octanol–water partition coefficient (Wildman–Crippen LogP) is 1.36. The highest BCUT2D eigenvalue weighted by Crippen LogP contribution is 2.30. The number of nitrogens with one attached hydrogen (secondary N) is 1. The van der Waals surface area contributed by atoms with E-state index in [1.165, 1.54) is 12.8 Å². The van der Waals surface area contributed by atoms with Gasteiger partial charge in [0.05, 0.1) is 18.3 Å². The van der Waals surface area contributed by atoms with Crippen LogP contribution in [-0.2, 0) is 10.0 Å². The molecule has 0 spiro atoms. The second-order valence-electron chi connectivity index (χ2n) is 5.41. The molecule has 1 saturated carbocycles. The lowest BCUT2D eigenvalue weighted by atomic mass is 10.3. The zero-order chi connectivity index (χ0) is 14.8. The third-order valence-electron chi connectivity index (χ3n) is 3.89. The van der Waals surface area contributed by atoms with Crippen LogP contribution in [-0.4, -0.2) is 36.0 Å². The van der Waals surface area contributed by atoms with E-state index < -0.39 is 16.1 Å². The summed E-state index contributed by atoms with van der Waals surface area (Å²) < 4.78 is 29.0. The lowest BCUT2D eigenvalue weighted by molar-refractivity contribution is 0.254. The zero-order valence-corrected chi connectivity index (χ0v) is 12.9. The normalized spacial score (nSPS) is 18.6. The molecule has 1 aromatic rings. The molecule has 6 nitrogen and oxygen atoms in total. The Morgan fingerprint density at radius 3 is 2.70 bits per heavy atom. The molecule has 0 bridgehead atoms. The van der Waals surface area contributed by atoms with Gasteiger partial charge in [-0.3, -0.25) is 4.68 Å². The van der Waals surface area contributed by atoms with Gasteiger partial charge in [-0.25, -0.2) is 13.1 Å². The van der Waals surface area contributed by atoms with Crippen molar-refractivity contribution in [1.82, 2.24) is 14.5 Å². The van der Waals surface area contributed by atoms with Crippen LogP contribution in [0.15, 0.2) is 11.1 Å². The highest BCUT2D eigenvalue weighted by atomic mass is 32.2. The zero-order valence-electron chi connectivity index (χ0n) is 12.0. The Morgan fingerprint density at radius 1 is 1.50 bits per heavy atom. The molecule has 0 radical (unpaired) electrons. The smallest absolute Gasteiger partial charge is 0.244 e. The van der Waals surface area contributed by atoms with Crippen LogP contribution in [0.4, 0.5) is 0 Å². The van der Waals surface area contributed by atoms with Crippen molar-refractivity contribution in [3.63, 3.8) is 0 Å². The van der Waals surface area contributed by atoms with Crippen molar-refractivity contribution in [2.45, 2.75) is 62.9 Å². The number of hydrogen-bond donors (Lipinski definition) is 2. The van der Waals surface area contributed by atoms with Crippen molar-refractivity contribution in [3.8, 4) is 0 Å². The Morgan fingerprint density at radius 2 is 2.15 bits per heavy atom. The minimum absolute atomic E-state index is 0.203. The highest BCUT2D eigenvalue weighted by Gasteiger charge is 2.26. The molecule has 7 heteroatoms. The predicted molar refractivity (Wildman–Crippen MR) is 76.0 cm³/mol. The number of aliphatic hydroxyl groups is 1. The molecule has 114 valence electrons. The standard InChI is InChI=1S/C13H23N3O3S/c1-3-11(9-17)15-20(18,19)13-8-16(14-10(13)2)12-6-4-5-7-12/h8,11-12,15,17H,3-7,9H2,1-2H3. The van der Waals surface area contributed by atoms with E-state index in [9.17, 15) is 8.42 Å². The average molecular weight is 301 g/mol. The van der Waals surface area contributed by atoms with Crippen LogP contribution in [0, 0.1) is 6.92 Å². The Balaban J connectivity index is 2.23. The molecule has 2 rings (SSSR count). The molecule has 1 atom stereocenters. The Kier molecular flexibility index (Phi) is 4.82. The molecule has 1 heterocycles. The van der Waals surface area contributed by atoms with Crippen molar-refractivity contribution < 1.29 is 13.5 Å². The van der Waals surface area contributed by atoms with Crippen molar-refractivity contribution >= 4 is 10.0 Å². The molecule has 2 N–H and O–H groups in total. The second kappa shape index (κ2) is 6.24. The molecule has 1 aliphatic carbocycles. The van der Waals surface area contributed by atoms with Crippen molar-refractivity contribution in [2.75, 3.05) is 6.61 Å². The fraction of sp³-hybridized carbons (Fsp3) is 0.769. The second-order valence-corrected chi connectivity index (χ2v) is 7.09. The summed E-state index contributed by atoms with van der Waals surface area (Å²) in [5.41, 5.74) is 0.511. The van der Waals surface area contributed by atoms with E-state index in [1.54, 1.807) is 17.8 Å². The summed E-state index contributed by atoms with van der Waals surface area (Å²) in [6.45, 7) is 3.34. The minimum atomic E-state index is -3.62. The van der Waals surface area contributed by atoms with Crippen LogP contribution < -0.4 is 4.72 Å². The molecular weight excluding hydrogens is 278 g/mol. The fourth-order valence-corrected chi connectivity index (χ4v) is 4.10. The lowest BCUT2D eigenvalue weighted by Crippen LogP contribution is -2.37. The molecule has 1 aromatic heterocycles. The van der Waals surface area contributed by atoms with Gasteiger partial charge >= 0.3 is 0 Å². The number of sulfonamides is 1. The fourth-order valence-electron chi connectivity index (χ4n) is 2.62. The third-order valence-corrected chi connectivity index (χ3v) is 5.52. The molecule has 1 aliphatic rings. The van der Waals surface area contributed by atoms with E-state index in [0.717, 1.165) is 12.8 Å². The van der Waals surface area contributed by atoms with Gasteiger partial charge < -0.3 is 5.11 Å². The van der Waals surface area contributed by atoms with Gasteiger partial charge in [0.1, 0.15) is 4.90 Å². The number of rotatable bonds is 6. The van der Waals surface area contributed by atoms with E-state index in [0.29, 0.717) is 18.2 Å². The number of aliphatic hydroxyl groups excluding tert-OH is 1. The maximum atomic E-state index is 12.3. The Hall–Kier alpha value is -0.920. The summed E-state index contributed by atoms with van der Waals surface area (Å²) in [6, 6.07) is -0.133. The summed E-state index contributed by atoms with van der Waals surface area (Å²) in [6.07, 6.45) is 6.63. The van der Waals surface area contributed by atoms with Gasteiger partial charge in [-0.1, -0.05) is 19.8 Å². The topological polar surface area (TPSA) is 84.2 Å². The number of aromatic nitrogens is 2. The van der Waals surface area contributed by atoms with E-state index in [4.69, 9.17) is 5.11 Å². The van der Waals surface area contributed by atoms with E-state index in [1.807, 2.05) is 6.92 Å². The van der Waals surface area contributed by atoms with Gasteiger partial charge in [-0.05, 0) is 26.2 Å². The SMILES string of the molecule is CCC(CO)NS(=O)(=O)c1cn(C2CCCC2)nc1C. The largest absolute Gasteiger partial charge is 0.395 e. The van der Waals surface area contributed by atoms with Gasteiger partial charge in [0, 0.05) is 12.2 Å². The van der Waals surface area contributed by atoms with Crippen LogP contribution in [0.5, 0.6) is 0 Å². The van der Waals surface area contributed by atoms with Crippen molar-refractivity contribution in [3.05, 3.63) is 11.9 Å². The quantitative estimate of drug-likeness (QED) is 0.831. The first kappa shape index (κ1) is 15.5. The monoisotopic (exact) mass is 301 g/mol. The van der Waals surface area contributed by atoms with E-state index >= 15 is 0 Å². The first-order valence-electron chi connectivity index (χ1n) is 7.17. The van der Waals surface area contributed by atoms with E-state index in [-0.39, 0.29) is 11.5 Å². The average Bonchev–Trinajstić information content (AvgIpc) is 3.04. The van der Waals surface area contributed by atoms with Crippen LogP contribution >= 0.6 is 0 Å².